The molecule has 21 heavy (non-hydrogen) atoms. The van der Waals surface area contributed by atoms with E-state index in [2.05, 4.69) is 10.8 Å². The molecule has 0 bridgehead atoms. The molecule has 5 heteroatoms. The van der Waals surface area contributed by atoms with Crippen LogP contribution in [0.5, 0.6) is 5.75 Å². The van der Waals surface area contributed by atoms with E-state index in [1.165, 1.54) is 19.2 Å². The Labute approximate surface area is 120 Å². The van der Waals surface area contributed by atoms with Crippen LogP contribution < -0.4 is 4.74 Å². The zero-order valence-electron chi connectivity index (χ0n) is 11.1. The minimum atomic E-state index is -0.746. The maximum absolute atomic E-state index is 14.0. The quantitative estimate of drug-likeness (QED) is 0.755. The molecule has 0 spiro atoms. The molecule has 0 fully saturated rings. The first-order valence-electron chi connectivity index (χ1n) is 6.22. The predicted molar refractivity (Wildman–Crippen MR) is 72.2 cm³/mol. The molecule has 0 saturated heterocycles. The summed E-state index contributed by atoms with van der Waals surface area (Å²) in [4.78, 5) is 11.5. The highest BCUT2D eigenvalue weighted by Crippen LogP contribution is 2.39. The van der Waals surface area contributed by atoms with Crippen molar-refractivity contribution >= 4 is 5.97 Å². The lowest BCUT2D eigenvalue weighted by molar-refractivity contribution is 0.0595. The van der Waals surface area contributed by atoms with Gasteiger partial charge in [0.1, 0.15) is 18.2 Å². The number of benzene rings is 2. The van der Waals surface area contributed by atoms with Crippen LogP contribution >= 0.6 is 0 Å². The Bertz CT molecular complexity index is 793. The Balaban J connectivity index is 2.16. The Morgan fingerprint density at radius 2 is 2.14 bits per heavy atom. The van der Waals surface area contributed by atoms with Crippen LogP contribution in [0.2, 0.25) is 0 Å². The van der Waals surface area contributed by atoms with Gasteiger partial charge in [-0.3, -0.25) is 0 Å². The van der Waals surface area contributed by atoms with E-state index in [1.807, 2.05) is 0 Å². The first kappa shape index (κ1) is 13.1. The van der Waals surface area contributed by atoms with Crippen molar-refractivity contribution in [2.45, 2.75) is 6.61 Å². The van der Waals surface area contributed by atoms with Gasteiger partial charge >= 0.3 is 5.97 Å². The van der Waals surface area contributed by atoms with Gasteiger partial charge in [-0.05, 0) is 35.4 Å². The number of rotatable bonds is 1. The summed E-state index contributed by atoms with van der Waals surface area (Å²) in [5, 5.41) is 8.90. The number of halogens is 1. The van der Waals surface area contributed by atoms with Crippen LogP contribution in [0, 0.1) is 17.1 Å². The molecule has 0 unspecified atom stereocenters. The topological polar surface area (TPSA) is 59.3 Å². The Hall–Kier alpha value is -2.87. The van der Waals surface area contributed by atoms with Gasteiger partial charge in [-0.1, -0.05) is 6.07 Å². The highest BCUT2D eigenvalue weighted by molar-refractivity contribution is 5.92. The van der Waals surface area contributed by atoms with E-state index in [1.54, 1.807) is 18.2 Å². The third-order valence-electron chi connectivity index (χ3n) is 3.38. The van der Waals surface area contributed by atoms with Crippen LogP contribution in [0.15, 0.2) is 30.3 Å². The molecule has 0 N–H and O–H groups in total. The van der Waals surface area contributed by atoms with Crippen LogP contribution in [-0.4, -0.2) is 13.1 Å². The standard InChI is InChI=1S/C16H10FNO3/c1-20-16(19)13-6-15-12(5-14(13)17)11-3-2-9(7-18)4-10(11)8-21-15/h2-6H,8H2,1H3. The van der Waals surface area contributed by atoms with Gasteiger partial charge in [-0.25, -0.2) is 9.18 Å². The lowest BCUT2D eigenvalue weighted by Crippen LogP contribution is -2.10. The van der Waals surface area contributed by atoms with Crippen LogP contribution in [0.25, 0.3) is 11.1 Å². The van der Waals surface area contributed by atoms with Crippen molar-refractivity contribution < 1.29 is 18.7 Å². The zero-order chi connectivity index (χ0) is 15.0. The van der Waals surface area contributed by atoms with Gasteiger partial charge in [0, 0.05) is 5.56 Å². The molecule has 104 valence electrons. The number of esters is 1. The molecule has 3 rings (SSSR count). The maximum Gasteiger partial charge on any atom is 0.340 e. The third-order valence-corrected chi connectivity index (χ3v) is 3.38. The van der Waals surface area contributed by atoms with E-state index in [-0.39, 0.29) is 12.2 Å². The molecule has 1 heterocycles. The zero-order valence-corrected chi connectivity index (χ0v) is 11.1. The molecular formula is C16H10FNO3. The first-order valence-corrected chi connectivity index (χ1v) is 6.22. The second kappa shape index (κ2) is 4.91. The summed E-state index contributed by atoms with van der Waals surface area (Å²) in [5.74, 6) is -0.986. The summed E-state index contributed by atoms with van der Waals surface area (Å²) in [6.07, 6.45) is 0. The monoisotopic (exact) mass is 283 g/mol. The van der Waals surface area contributed by atoms with Crippen molar-refractivity contribution in [1.29, 1.82) is 5.26 Å². The van der Waals surface area contributed by atoms with E-state index < -0.39 is 11.8 Å². The molecule has 0 amide bonds. The van der Waals surface area contributed by atoms with Crippen molar-refractivity contribution in [3.05, 3.63) is 52.8 Å². The minimum Gasteiger partial charge on any atom is -0.488 e. The molecule has 0 atom stereocenters. The van der Waals surface area contributed by atoms with E-state index in [0.29, 0.717) is 16.9 Å². The lowest BCUT2D eigenvalue weighted by atomic mass is 9.94. The Kier molecular flexibility index (Phi) is 3.07. The summed E-state index contributed by atoms with van der Waals surface area (Å²) in [6.45, 7) is 0.268. The van der Waals surface area contributed by atoms with Gasteiger partial charge in [-0.2, -0.15) is 5.26 Å². The molecule has 0 aromatic heterocycles. The number of ether oxygens (including phenoxy) is 2. The average Bonchev–Trinajstić information content (AvgIpc) is 2.52. The van der Waals surface area contributed by atoms with Crippen molar-refractivity contribution in [3.63, 3.8) is 0 Å². The smallest absolute Gasteiger partial charge is 0.340 e. The first-order chi connectivity index (χ1) is 10.1. The molecule has 2 aromatic rings. The normalized spacial score (nSPS) is 11.7. The van der Waals surface area contributed by atoms with Gasteiger partial charge in [0.2, 0.25) is 0 Å². The number of carbonyl (C=O) groups is 1. The van der Waals surface area contributed by atoms with Crippen LogP contribution in [0.3, 0.4) is 0 Å². The van der Waals surface area contributed by atoms with Crippen molar-refractivity contribution in [1.82, 2.24) is 0 Å². The minimum absolute atomic E-state index is 0.159. The molecular weight excluding hydrogens is 273 g/mol. The molecule has 0 radical (unpaired) electrons. The van der Waals surface area contributed by atoms with Crippen LogP contribution in [0.4, 0.5) is 4.39 Å². The summed E-state index contributed by atoms with van der Waals surface area (Å²) < 4.78 is 24.1. The summed E-state index contributed by atoms with van der Waals surface area (Å²) in [6, 6.07) is 9.79. The predicted octanol–water partition coefficient (Wildman–Crippen LogP) is 3.04. The van der Waals surface area contributed by atoms with Crippen LogP contribution in [0.1, 0.15) is 21.5 Å². The van der Waals surface area contributed by atoms with Crippen molar-refractivity contribution in [2.24, 2.45) is 0 Å². The van der Waals surface area contributed by atoms with E-state index in [9.17, 15) is 9.18 Å². The van der Waals surface area contributed by atoms with E-state index in [4.69, 9.17) is 10.00 Å². The molecule has 1 aliphatic rings. The highest BCUT2D eigenvalue weighted by atomic mass is 19.1. The maximum atomic E-state index is 14.0. The second-order valence-corrected chi connectivity index (χ2v) is 4.59. The highest BCUT2D eigenvalue weighted by Gasteiger charge is 2.23. The number of carbonyl (C=O) groups excluding carboxylic acids is 1. The van der Waals surface area contributed by atoms with E-state index in [0.717, 1.165) is 11.1 Å². The van der Waals surface area contributed by atoms with Crippen LogP contribution in [-0.2, 0) is 11.3 Å². The largest absolute Gasteiger partial charge is 0.488 e. The molecule has 0 aliphatic carbocycles. The Morgan fingerprint density at radius 1 is 1.33 bits per heavy atom. The molecule has 0 saturated carbocycles. The third kappa shape index (κ3) is 2.11. The summed E-state index contributed by atoms with van der Waals surface area (Å²) in [5.41, 5.74) is 2.53. The molecule has 4 nitrogen and oxygen atoms in total. The van der Waals surface area contributed by atoms with Gasteiger partial charge in [0.25, 0.3) is 0 Å². The summed E-state index contributed by atoms with van der Waals surface area (Å²) in [7, 11) is 1.20. The van der Waals surface area contributed by atoms with Gasteiger partial charge < -0.3 is 9.47 Å². The van der Waals surface area contributed by atoms with Gasteiger partial charge in [0.15, 0.2) is 0 Å². The number of hydrogen-bond acceptors (Lipinski definition) is 4. The number of fused-ring (bicyclic) bond motifs is 3. The lowest BCUT2D eigenvalue weighted by Gasteiger charge is -2.21. The fourth-order valence-corrected chi connectivity index (χ4v) is 2.35. The van der Waals surface area contributed by atoms with Crippen molar-refractivity contribution in [2.75, 3.05) is 7.11 Å². The van der Waals surface area contributed by atoms with Gasteiger partial charge in [-0.15, -0.1) is 0 Å². The summed E-state index contributed by atoms with van der Waals surface area (Å²) >= 11 is 0. The Morgan fingerprint density at radius 3 is 2.86 bits per heavy atom. The number of nitriles is 1. The fraction of sp³-hybridized carbons (Fsp3) is 0.125. The number of nitrogens with zero attached hydrogens (tertiary/aromatic N) is 1. The molecule has 1 aliphatic heterocycles. The fourth-order valence-electron chi connectivity index (χ4n) is 2.35. The SMILES string of the molecule is COC(=O)c1cc2c(cc1F)-c1ccc(C#N)cc1CO2. The molecule has 2 aromatic carbocycles. The number of methoxy groups -OCH3 is 1. The van der Waals surface area contributed by atoms with Gasteiger partial charge in [0.05, 0.1) is 24.3 Å². The van der Waals surface area contributed by atoms with Crippen molar-refractivity contribution in [3.8, 4) is 22.9 Å². The van der Waals surface area contributed by atoms with E-state index >= 15 is 0 Å². The average molecular weight is 283 g/mol. The second-order valence-electron chi connectivity index (χ2n) is 4.59. The number of hydrogen-bond donors (Lipinski definition) is 0.